The molecule has 0 spiro atoms. The number of alkyl halides is 3. The molecular weight excluding hydrogens is 347 g/mol. The summed E-state index contributed by atoms with van der Waals surface area (Å²) in [6.07, 6.45) is 0.185. The molecule has 1 aliphatic carbocycles. The molecule has 1 aliphatic rings. The summed E-state index contributed by atoms with van der Waals surface area (Å²) in [4.78, 5) is 28.5. The molecule has 0 aromatic carbocycles. The first kappa shape index (κ1) is 18.6. The number of amides is 1. The lowest BCUT2D eigenvalue weighted by Gasteiger charge is -2.22. The summed E-state index contributed by atoms with van der Waals surface area (Å²) in [6, 6.07) is 0.400. The first-order chi connectivity index (χ1) is 11.2. The maximum absolute atomic E-state index is 12.6. The number of hydrogen-bond donors (Lipinski definition) is 2. The number of aromatic amines is 1. The van der Waals surface area contributed by atoms with Crippen molar-refractivity contribution in [2.24, 2.45) is 0 Å². The molecule has 1 atom stereocenters. The number of halogens is 3. The zero-order valence-corrected chi connectivity index (χ0v) is 13.6. The van der Waals surface area contributed by atoms with Crippen LogP contribution in [0, 0.1) is 0 Å². The molecule has 10 heteroatoms. The van der Waals surface area contributed by atoms with Crippen LogP contribution in [0.4, 0.5) is 13.2 Å². The van der Waals surface area contributed by atoms with Crippen LogP contribution < -0.4 is 10.9 Å². The molecule has 24 heavy (non-hydrogen) atoms. The molecule has 0 radical (unpaired) electrons. The zero-order valence-electron chi connectivity index (χ0n) is 12.8. The SMILES string of the molecule is O=C(C[S@](=O)Cc1nc(C(F)(F)F)cc(=O)[nH]1)NC1CCCCC1. The maximum atomic E-state index is 12.6. The van der Waals surface area contributed by atoms with Crippen LogP contribution in [-0.2, 0) is 27.5 Å². The molecule has 1 fully saturated rings. The third-order valence-corrected chi connectivity index (χ3v) is 4.82. The van der Waals surface area contributed by atoms with Gasteiger partial charge < -0.3 is 10.3 Å². The zero-order chi connectivity index (χ0) is 17.7. The highest BCUT2D eigenvalue weighted by molar-refractivity contribution is 7.84. The predicted octanol–water partition coefficient (Wildman–Crippen LogP) is 1.49. The van der Waals surface area contributed by atoms with E-state index in [9.17, 15) is 27.0 Å². The van der Waals surface area contributed by atoms with Gasteiger partial charge >= 0.3 is 6.18 Å². The Balaban J connectivity index is 1.93. The second-order valence-corrected chi connectivity index (χ2v) is 7.16. The fraction of sp³-hybridized carbons (Fsp3) is 0.643. The van der Waals surface area contributed by atoms with E-state index in [0.29, 0.717) is 6.07 Å². The van der Waals surface area contributed by atoms with E-state index in [2.05, 4.69) is 15.3 Å². The van der Waals surface area contributed by atoms with Crippen molar-refractivity contribution in [2.45, 2.75) is 50.1 Å². The maximum Gasteiger partial charge on any atom is 0.433 e. The second-order valence-electron chi connectivity index (χ2n) is 5.71. The van der Waals surface area contributed by atoms with Crippen LogP contribution in [0.2, 0.25) is 0 Å². The molecule has 134 valence electrons. The van der Waals surface area contributed by atoms with Gasteiger partial charge in [-0.25, -0.2) is 4.98 Å². The smallest absolute Gasteiger partial charge is 0.353 e. The van der Waals surface area contributed by atoms with Gasteiger partial charge in [0.15, 0.2) is 5.69 Å². The van der Waals surface area contributed by atoms with E-state index in [1.165, 1.54) is 0 Å². The third-order valence-electron chi connectivity index (χ3n) is 3.64. The van der Waals surface area contributed by atoms with E-state index in [0.717, 1.165) is 32.1 Å². The Morgan fingerprint density at radius 1 is 1.33 bits per heavy atom. The van der Waals surface area contributed by atoms with E-state index in [-0.39, 0.29) is 17.6 Å². The number of nitrogens with zero attached hydrogens (tertiary/aromatic N) is 1. The number of rotatable bonds is 5. The minimum atomic E-state index is -4.76. The van der Waals surface area contributed by atoms with Crippen LogP contribution in [0.25, 0.3) is 0 Å². The van der Waals surface area contributed by atoms with Gasteiger partial charge in [-0.1, -0.05) is 19.3 Å². The van der Waals surface area contributed by atoms with Crippen molar-refractivity contribution in [2.75, 3.05) is 5.75 Å². The van der Waals surface area contributed by atoms with Gasteiger partial charge in [-0.15, -0.1) is 0 Å². The Morgan fingerprint density at radius 3 is 2.62 bits per heavy atom. The molecule has 1 saturated carbocycles. The fourth-order valence-corrected chi connectivity index (χ4v) is 3.51. The van der Waals surface area contributed by atoms with Crippen molar-refractivity contribution in [3.8, 4) is 0 Å². The van der Waals surface area contributed by atoms with Crippen molar-refractivity contribution >= 4 is 16.7 Å². The molecule has 6 nitrogen and oxygen atoms in total. The van der Waals surface area contributed by atoms with Gasteiger partial charge in [0.1, 0.15) is 11.6 Å². The van der Waals surface area contributed by atoms with Gasteiger partial charge in [0.05, 0.1) is 5.75 Å². The summed E-state index contributed by atoms with van der Waals surface area (Å²) < 4.78 is 49.7. The van der Waals surface area contributed by atoms with Gasteiger partial charge in [0.2, 0.25) is 5.91 Å². The van der Waals surface area contributed by atoms with Crippen LogP contribution >= 0.6 is 0 Å². The molecule has 0 unspecified atom stereocenters. The molecule has 2 rings (SSSR count). The minimum Gasteiger partial charge on any atom is -0.353 e. The molecule has 1 heterocycles. The average molecular weight is 365 g/mol. The Morgan fingerprint density at radius 2 is 2.00 bits per heavy atom. The summed E-state index contributed by atoms with van der Waals surface area (Å²) in [5, 5.41) is 2.78. The molecule has 1 aromatic rings. The Labute approximate surface area is 138 Å². The molecule has 2 N–H and O–H groups in total. The van der Waals surface area contributed by atoms with Gasteiger partial charge in [-0.05, 0) is 12.8 Å². The van der Waals surface area contributed by atoms with E-state index < -0.39 is 39.9 Å². The van der Waals surface area contributed by atoms with Crippen molar-refractivity contribution < 1.29 is 22.2 Å². The first-order valence-corrected chi connectivity index (χ1v) is 9.04. The molecule has 0 bridgehead atoms. The summed E-state index contributed by atoms with van der Waals surface area (Å²) >= 11 is 0. The minimum absolute atomic E-state index is 0.0646. The number of H-pyrrole nitrogens is 1. The molecule has 1 aromatic heterocycles. The van der Waals surface area contributed by atoms with E-state index in [4.69, 9.17) is 0 Å². The van der Waals surface area contributed by atoms with Gasteiger partial charge in [0, 0.05) is 22.9 Å². The number of carbonyl (C=O) groups is 1. The van der Waals surface area contributed by atoms with Gasteiger partial charge in [0.25, 0.3) is 5.56 Å². The predicted molar refractivity (Wildman–Crippen MR) is 81.6 cm³/mol. The molecular formula is C14H18F3N3O3S. The summed E-state index contributed by atoms with van der Waals surface area (Å²) in [7, 11) is -1.76. The largest absolute Gasteiger partial charge is 0.433 e. The van der Waals surface area contributed by atoms with Crippen molar-refractivity contribution in [3.05, 3.63) is 27.9 Å². The van der Waals surface area contributed by atoms with E-state index >= 15 is 0 Å². The Hall–Kier alpha value is -1.71. The number of carbonyl (C=O) groups excluding carboxylic acids is 1. The monoisotopic (exact) mass is 365 g/mol. The highest BCUT2D eigenvalue weighted by Gasteiger charge is 2.33. The number of aromatic nitrogens is 2. The van der Waals surface area contributed by atoms with Gasteiger partial charge in [-0.2, -0.15) is 13.2 Å². The summed E-state index contributed by atoms with van der Waals surface area (Å²) in [5.41, 5.74) is -2.32. The van der Waals surface area contributed by atoms with E-state index in [1.54, 1.807) is 0 Å². The summed E-state index contributed by atoms with van der Waals surface area (Å²) in [5.74, 6) is -1.51. The number of nitrogens with one attached hydrogen (secondary N) is 2. The quantitative estimate of drug-likeness (QED) is 0.827. The lowest BCUT2D eigenvalue weighted by atomic mass is 9.95. The third kappa shape index (κ3) is 5.73. The molecule has 0 aliphatic heterocycles. The second kappa shape index (κ2) is 7.91. The molecule has 0 saturated heterocycles. The average Bonchev–Trinajstić information content (AvgIpc) is 2.46. The lowest BCUT2D eigenvalue weighted by Crippen LogP contribution is -2.38. The van der Waals surface area contributed by atoms with Crippen molar-refractivity contribution in [3.63, 3.8) is 0 Å². The highest BCUT2D eigenvalue weighted by Crippen LogP contribution is 2.26. The number of hydrogen-bond acceptors (Lipinski definition) is 4. The van der Waals surface area contributed by atoms with Gasteiger partial charge in [-0.3, -0.25) is 13.8 Å². The van der Waals surface area contributed by atoms with Crippen molar-refractivity contribution in [1.82, 2.24) is 15.3 Å². The Bertz CT molecular complexity index is 669. The standard InChI is InChI=1S/C14H18F3N3O3S/c15-14(16,17)10-6-12(21)20-11(19-10)7-24(23)8-13(22)18-9-4-2-1-3-5-9/h6,9H,1-5,7-8H2,(H,18,22)(H,19,20,21)/t24-/m1/s1. The normalized spacial score (nSPS) is 17.5. The lowest BCUT2D eigenvalue weighted by molar-refractivity contribution is -0.141. The van der Waals surface area contributed by atoms with Crippen LogP contribution in [0.5, 0.6) is 0 Å². The van der Waals surface area contributed by atoms with Crippen LogP contribution in [0.15, 0.2) is 10.9 Å². The highest BCUT2D eigenvalue weighted by atomic mass is 32.2. The molecule has 1 amide bonds. The van der Waals surface area contributed by atoms with E-state index in [1.807, 2.05) is 0 Å². The van der Waals surface area contributed by atoms with Crippen LogP contribution in [0.1, 0.15) is 43.6 Å². The summed E-state index contributed by atoms with van der Waals surface area (Å²) in [6.45, 7) is 0. The van der Waals surface area contributed by atoms with Crippen LogP contribution in [0.3, 0.4) is 0 Å². The van der Waals surface area contributed by atoms with Crippen LogP contribution in [-0.4, -0.2) is 31.9 Å². The first-order valence-electron chi connectivity index (χ1n) is 7.56. The fourth-order valence-electron chi connectivity index (χ4n) is 2.59. The topological polar surface area (TPSA) is 91.9 Å². The Kier molecular flexibility index (Phi) is 6.14. The van der Waals surface area contributed by atoms with Crippen molar-refractivity contribution in [1.29, 1.82) is 0 Å².